The number of carbonyl (C=O) groups excluding carboxylic acids is 2. The van der Waals surface area contributed by atoms with E-state index >= 15 is 0 Å². The monoisotopic (exact) mass is 2030 g/mol. The molecule has 38 heteroatoms. The number of piperidine rings is 2. The number of thiophene rings is 5. The standard InChI is InChI=1S/C26H31N5O3S.C25H29N5O4S.C16H12ClN3OS.C15H9BrClN3OS.C15H10ClN3OS/c1-5-20-13-21-22(35-20)23(32)31(15-18-10-7-6-9-17(18)14-27)24(29-21)30-12-8-11-19(16-30)28-25(33)34-26(2,3)4;1-25(2,3)34-24(33)27-18-9-6-10-29(14-18)23-28-20-11-19(15-31)35-21(20)22(32)30(23)13-17-8-5-4-7-16(17)12-26;1-2-12-7-13-14(22-12)15(21)20(16(17)19-13)9-11-6-4-3-5-10(11)8-18;16-6-11-5-12-13(22-11)14(21)20(15(17)19-12)8-10-4-2-1-3-9(10)7-18;1-9-6-12-13(21-9)14(20)19(15(16)18-12)8-11-5-3-2-4-10(11)7-17/h6-7,9-10,13,19H,5,8,11-12,15-16H2,1-4H3,(H,28,33);4-5,7-8,11,18,31H,6,9-10,13-15H2,1-3H3,(H,27,33);3-7H,2,9H2,1H3;1-5H,6,8H2;2-6H,8H2,1H3/t;18-;;;/m.1.../s1. The molecule has 29 nitrogen and oxygen atoms in total. The lowest BCUT2D eigenvalue weighted by atomic mass is 10.1. The number of ether oxygens (including phenoxy) is 2. The van der Waals surface area contributed by atoms with Crippen LogP contribution >= 0.6 is 107 Å². The molecular weight excluding hydrogens is 1940 g/mol. The van der Waals surface area contributed by atoms with Gasteiger partial charge in [0, 0.05) is 68.0 Å². The number of halogens is 4. The van der Waals surface area contributed by atoms with E-state index in [1.807, 2.05) is 151 Å². The molecule has 2 fully saturated rings. The van der Waals surface area contributed by atoms with Crippen molar-refractivity contribution in [2.24, 2.45) is 0 Å². The fourth-order valence-electron chi connectivity index (χ4n) is 15.1. The van der Waals surface area contributed by atoms with E-state index in [0.29, 0.717) is 121 Å². The Bertz CT molecular complexity index is 7190. The lowest BCUT2D eigenvalue weighted by molar-refractivity contribution is 0.0488. The minimum Gasteiger partial charge on any atom is -0.444 e. The molecule has 5 aromatic carbocycles. The molecule has 1 unspecified atom stereocenters. The molecule has 2 aliphatic rings. The molecule has 0 aliphatic carbocycles. The number of hydrogen-bond acceptors (Lipinski definition) is 27. The molecule has 17 rings (SSSR count). The van der Waals surface area contributed by atoms with Crippen molar-refractivity contribution < 1.29 is 24.2 Å². The molecule has 2 amide bonds. The summed E-state index contributed by atoms with van der Waals surface area (Å²) in [5.74, 6) is 1.04. The van der Waals surface area contributed by atoms with Crippen molar-refractivity contribution >= 4 is 183 Å². The van der Waals surface area contributed by atoms with Gasteiger partial charge in [-0.3, -0.25) is 46.8 Å². The van der Waals surface area contributed by atoms with Gasteiger partial charge >= 0.3 is 12.2 Å². The second-order valence-electron chi connectivity index (χ2n) is 33.4. The van der Waals surface area contributed by atoms with Gasteiger partial charge in [0.2, 0.25) is 27.7 Å². The SMILES string of the molecule is CC(C)(C)OC(=O)N[C@@H]1CCCN(c2nc3cc(CO)sc3c(=O)n2Cc2ccccc2C#N)C1.CCc1cc2nc(Cl)n(Cc3ccccc3C#N)c(=O)c2s1.CCc1cc2nc(N3CCCC(NC(=O)OC(C)(C)C)C3)n(Cc3ccccc3C#N)c(=O)c2s1.Cc1cc2nc(Cl)n(Cc3ccccc3C#N)c(=O)c2s1.N#Cc1ccccc1Cn1c(Cl)nc2cc(CBr)sc2c1=O. The number of nitrogens with one attached hydrogen (secondary N) is 2. The predicted molar refractivity (Wildman–Crippen MR) is 537 cm³/mol. The summed E-state index contributed by atoms with van der Waals surface area (Å²) in [4.78, 5) is 121. The number of benzene rings is 5. The molecular formula is C97H91BrCl3N19O10S5. The normalized spacial score (nSPS) is 13.6. The molecule has 2 atom stereocenters. The maximum absolute atomic E-state index is 13.7. The Morgan fingerprint density at radius 3 is 1.01 bits per heavy atom. The van der Waals surface area contributed by atoms with Gasteiger partial charge in [0.15, 0.2) is 0 Å². The van der Waals surface area contributed by atoms with Crippen molar-refractivity contribution in [3.05, 3.63) is 299 Å². The minimum absolute atomic E-state index is 0.107. The highest BCUT2D eigenvalue weighted by Gasteiger charge is 2.32. The van der Waals surface area contributed by atoms with Gasteiger partial charge in [-0.2, -0.15) is 26.3 Å². The molecule has 3 N–H and O–H groups in total. The van der Waals surface area contributed by atoms with E-state index in [9.17, 15) is 49.2 Å². The number of rotatable bonds is 18. The predicted octanol–water partition coefficient (Wildman–Crippen LogP) is 18.7. The van der Waals surface area contributed by atoms with E-state index < -0.39 is 23.4 Å². The number of aryl methyl sites for hydroxylation is 3. The number of carbonyl (C=O) groups is 2. The minimum atomic E-state index is -0.594. The van der Waals surface area contributed by atoms with Crippen LogP contribution in [-0.2, 0) is 67.0 Å². The van der Waals surface area contributed by atoms with Gasteiger partial charge in [0.1, 0.15) is 34.7 Å². The molecule has 2 saturated heterocycles. The molecule has 0 saturated carbocycles. The second-order valence-corrected chi connectivity index (χ2v) is 40.8. The third-order valence-corrected chi connectivity index (χ3v) is 29.1. The summed E-state index contributed by atoms with van der Waals surface area (Å²) >= 11 is 28.8. The Balaban J connectivity index is 0.000000146. The summed E-state index contributed by atoms with van der Waals surface area (Å²) < 4.78 is 21.2. The number of amides is 2. The van der Waals surface area contributed by atoms with E-state index in [2.05, 4.69) is 83.7 Å². The van der Waals surface area contributed by atoms with Gasteiger partial charge in [-0.25, -0.2) is 34.5 Å². The van der Waals surface area contributed by atoms with Gasteiger partial charge in [0.05, 0.1) is 125 Å². The Morgan fingerprint density at radius 2 is 0.704 bits per heavy atom. The number of aliphatic hydroxyl groups is 1. The highest BCUT2D eigenvalue weighted by atomic mass is 79.9. The summed E-state index contributed by atoms with van der Waals surface area (Å²) in [6, 6.07) is 55.8. The highest BCUT2D eigenvalue weighted by molar-refractivity contribution is 9.08. The Morgan fingerprint density at radius 1 is 0.430 bits per heavy atom. The van der Waals surface area contributed by atoms with Crippen LogP contribution < -0.4 is 48.2 Å². The van der Waals surface area contributed by atoms with E-state index in [0.717, 1.165) is 92.4 Å². The molecule has 0 radical (unpaired) electrons. The topological polar surface area (TPSA) is 397 Å². The number of fused-ring (bicyclic) bond motifs is 5. The molecule has 2 aliphatic heterocycles. The van der Waals surface area contributed by atoms with Crippen LogP contribution in [-0.4, -0.2) is 115 Å². The molecule has 135 heavy (non-hydrogen) atoms. The maximum Gasteiger partial charge on any atom is 0.407 e. The first-order valence-corrected chi connectivity index (χ1v) is 49.2. The third kappa shape index (κ3) is 24.3. The number of alkyl carbamates (subject to hydrolysis) is 2. The fourth-order valence-corrected chi connectivity index (χ4v) is 21.0. The summed E-state index contributed by atoms with van der Waals surface area (Å²) in [7, 11) is 0. The van der Waals surface area contributed by atoms with Crippen LogP contribution in [0.2, 0.25) is 15.9 Å². The first kappa shape index (κ1) is 99.7. The zero-order valence-corrected chi connectivity index (χ0v) is 82.8. The molecule has 692 valence electrons. The smallest absolute Gasteiger partial charge is 0.407 e. The van der Waals surface area contributed by atoms with Crippen molar-refractivity contribution in [3.8, 4) is 30.3 Å². The van der Waals surface area contributed by atoms with Crippen LogP contribution in [0.15, 0.2) is 176 Å². The Hall–Kier alpha value is -12.8. The third-order valence-electron chi connectivity index (χ3n) is 21.5. The summed E-state index contributed by atoms with van der Waals surface area (Å²) in [5.41, 5.74) is 7.45. The lowest BCUT2D eigenvalue weighted by Gasteiger charge is -2.35. The fraction of sp³-hybridized carbons (Fsp3) is 0.309. The Kier molecular flexibility index (Phi) is 32.9. The van der Waals surface area contributed by atoms with Crippen molar-refractivity contribution in [2.75, 3.05) is 36.0 Å². The Labute approximate surface area is 819 Å². The largest absolute Gasteiger partial charge is 0.444 e. The zero-order valence-electron chi connectivity index (χ0n) is 74.9. The number of aromatic nitrogens is 10. The van der Waals surface area contributed by atoms with Gasteiger partial charge in [-0.15, -0.1) is 56.7 Å². The number of alkyl halides is 1. The van der Waals surface area contributed by atoms with Gasteiger partial charge in [-0.05, 0) is 210 Å². The van der Waals surface area contributed by atoms with E-state index in [1.165, 1.54) is 70.4 Å². The average Bonchev–Trinajstić information content (AvgIpc) is 1.73. The average molecular weight is 2030 g/mol. The zero-order chi connectivity index (χ0) is 96.7. The number of aliphatic hydroxyl groups excluding tert-OH is 1. The molecule has 0 spiro atoms. The molecule has 12 heterocycles. The quantitative estimate of drug-likeness (QED) is 0.0530. The summed E-state index contributed by atoms with van der Waals surface area (Å²) in [6.07, 6.45) is 4.01. The molecule has 0 bridgehead atoms. The van der Waals surface area contributed by atoms with Crippen LogP contribution in [0.1, 0.15) is 161 Å². The van der Waals surface area contributed by atoms with E-state index in [4.69, 9.17) is 70.0 Å². The number of nitrogens with zero attached hydrogens (tertiary/aromatic N) is 17. The number of anilines is 2. The van der Waals surface area contributed by atoms with E-state index in [1.54, 1.807) is 69.8 Å². The van der Waals surface area contributed by atoms with Crippen molar-refractivity contribution in [1.82, 2.24) is 58.4 Å². The molecule has 15 aromatic rings. The van der Waals surface area contributed by atoms with Crippen molar-refractivity contribution in [2.45, 2.75) is 169 Å². The lowest BCUT2D eigenvalue weighted by Crippen LogP contribution is -2.50. The van der Waals surface area contributed by atoms with Crippen molar-refractivity contribution in [3.63, 3.8) is 0 Å². The molecule has 10 aromatic heterocycles. The van der Waals surface area contributed by atoms with Crippen LogP contribution in [0.25, 0.3) is 51.1 Å². The number of nitriles is 5. The summed E-state index contributed by atoms with van der Waals surface area (Å²) in [6.45, 7) is 20.3. The van der Waals surface area contributed by atoms with Crippen LogP contribution in [0.4, 0.5) is 21.5 Å². The number of hydrogen-bond donors (Lipinski definition) is 3. The first-order chi connectivity index (χ1) is 64.7. The summed E-state index contributed by atoms with van der Waals surface area (Å²) in [5, 5.41) is 63.1. The van der Waals surface area contributed by atoms with Crippen LogP contribution in [0, 0.1) is 63.6 Å². The van der Waals surface area contributed by atoms with Crippen molar-refractivity contribution in [1.29, 1.82) is 26.3 Å². The van der Waals surface area contributed by atoms with Gasteiger partial charge in [-0.1, -0.05) is 121 Å². The van der Waals surface area contributed by atoms with Crippen LogP contribution in [0.5, 0.6) is 0 Å². The highest BCUT2D eigenvalue weighted by Crippen LogP contribution is 2.33. The first-order valence-electron chi connectivity index (χ1n) is 42.9. The van der Waals surface area contributed by atoms with Gasteiger partial charge < -0.3 is 35.0 Å². The van der Waals surface area contributed by atoms with E-state index in [-0.39, 0.29) is 95.1 Å². The second kappa shape index (κ2) is 44.6. The van der Waals surface area contributed by atoms with Gasteiger partial charge in [0.25, 0.3) is 27.8 Å². The van der Waals surface area contributed by atoms with Crippen LogP contribution in [0.3, 0.4) is 0 Å². The maximum atomic E-state index is 13.7.